The Hall–Kier alpha value is -0.120. The first-order valence-electron chi connectivity index (χ1n) is 5.82. The molecule has 2 atom stereocenters. The van der Waals surface area contributed by atoms with Crippen LogP contribution >= 0.6 is 0 Å². The fourth-order valence-corrected chi connectivity index (χ4v) is 1.60. The van der Waals surface area contributed by atoms with E-state index in [1.165, 1.54) is 0 Å². The van der Waals surface area contributed by atoms with Gasteiger partial charge in [0.25, 0.3) is 0 Å². The van der Waals surface area contributed by atoms with Crippen LogP contribution in [0.4, 0.5) is 0 Å². The predicted molar refractivity (Wildman–Crippen MR) is 66.1 cm³/mol. The van der Waals surface area contributed by atoms with Crippen molar-refractivity contribution in [1.82, 2.24) is 10.2 Å². The van der Waals surface area contributed by atoms with Crippen LogP contribution in [0.15, 0.2) is 0 Å². The highest BCUT2D eigenvalue weighted by molar-refractivity contribution is 4.73. The molecule has 0 radical (unpaired) electrons. The number of nitrogens with one attached hydrogen (secondary N) is 1. The van der Waals surface area contributed by atoms with Gasteiger partial charge in [-0.1, -0.05) is 6.92 Å². The zero-order chi connectivity index (χ0) is 12.1. The van der Waals surface area contributed by atoms with Crippen molar-refractivity contribution in [3.8, 4) is 0 Å². The second-order valence-electron chi connectivity index (χ2n) is 5.81. The van der Waals surface area contributed by atoms with Gasteiger partial charge in [-0.25, -0.2) is 0 Å². The number of likely N-dealkylation sites (N-methyl/N-ethyl adjacent to an activating group) is 1. The Morgan fingerprint density at radius 3 is 2.13 bits per heavy atom. The molecule has 0 saturated carbocycles. The molecule has 0 bridgehead atoms. The topological polar surface area (TPSA) is 35.5 Å². The van der Waals surface area contributed by atoms with Crippen LogP contribution in [-0.2, 0) is 0 Å². The van der Waals surface area contributed by atoms with E-state index in [9.17, 15) is 5.11 Å². The standard InChI is InChI=1S/C12H28N2O/c1-10(7-13-12(3,4)5)8-14(6)9-11(2)15/h10-11,13,15H,7-9H2,1-6H3. The minimum Gasteiger partial charge on any atom is -0.392 e. The molecule has 0 aliphatic rings. The molecular weight excluding hydrogens is 188 g/mol. The molecule has 0 rings (SSSR count). The fraction of sp³-hybridized carbons (Fsp3) is 1.00. The summed E-state index contributed by atoms with van der Waals surface area (Å²) in [6, 6.07) is 0. The fourth-order valence-electron chi connectivity index (χ4n) is 1.60. The first kappa shape index (κ1) is 14.9. The summed E-state index contributed by atoms with van der Waals surface area (Å²) in [6.45, 7) is 13.4. The van der Waals surface area contributed by atoms with Crippen molar-refractivity contribution in [3.05, 3.63) is 0 Å². The summed E-state index contributed by atoms with van der Waals surface area (Å²) in [4.78, 5) is 2.18. The van der Waals surface area contributed by atoms with E-state index in [2.05, 4.69) is 45.0 Å². The van der Waals surface area contributed by atoms with Crippen molar-refractivity contribution in [2.45, 2.75) is 46.3 Å². The maximum atomic E-state index is 9.24. The monoisotopic (exact) mass is 216 g/mol. The van der Waals surface area contributed by atoms with Crippen LogP contribution in [0.3, 0.4) is 0 Å². The molecule has 3 nitrogen and oxygen atoms in total. The normalized spacial score (nSPS) is 16.8. The summed E-state index contributed by atoms with van der Waals surface area (Å²) in [5.74, 6) is 0.605. The molecule has 3 heteroatoms. The predicted octanol–water partition coefficient (Wildman–Crippen LogP) is 1.32. The highest BCUT2D eigenvalue weighted by atomic mass is 16.3. The average Bonchev–Trinajstić information content (AvgIpc) is 1.97. The Labute approximate surface area is 94.9 Å². The second-order valence-corrected chi connectivity index (χ2v) is 5.81. The number of rotatable bonds is 6. The Morgan fingerprint density at radius 1 is 1.20 bits per heavy atom. The summed E-state index contributed by atoms with van der Waals surface area (Å²) >= 11 is 0. The van der Waals surface area contributed by atoms with E-state index >= 15 is 0 Å². The third kappa shape index (κ3) is 10.2. The van der Waals surface area contributed by atoms with Crippen LogP contribution in [0.2, 0.25) is 0 Å². The third-order valence-corrected chi connectivity index (χ3v) is 2.18. The molecule has 0 spiro atoms. The maximum absolute atomic E-state index is 9.24. The number of aliphatic hydroxyl groups is 1. The van der Waals surface area contributed by atoms with Crippen LogP contribution in [0.25, 0.3) is 0 Å². The van der Waals surface area contributed by atoms with E-state index in [4.69, 9.17) is 0 Å². The highest BCUT2D eigenvalue weighted by Gasteiger charge is 2.12. The molecule has 15 heavy (non-hydrogen) atoms. The SMILES string of the molecule is CC(O)CN(C)CC(C)CNC(C)(C)C. The van der Waals surface area contributed by atoms with E-state index in [1.807, 2.05) is 6.92 Å². The first-order chi connectivity index (χ1) is 6.70. The Kier molecular flexibility index (Phi) is 6.41. The van der Waals surface area contributed by atoms with Gasteiger partial charge < -0.3 is 15.3 Å². The molecule has 0 aromatic rings. The van der Waals surface area contributed by atoms with Gasteiger partial charge >= 0.3 is 0 Å². The maximum Gasteiger partial charge on any atom is 0.0638 e. The molecular formula is C12H28N2O. The molecule has 0 aliphatic heterocycles. The number of hydrogen-bond acceptors (Lipinski definition) is 3. The zero-order valence-corrected chi connectivity index (χ0v) is 11.2. The van der Waals surface area contributed by atoms with Crippen LogP contribution in [0.1, 0.15) is 34.6 Å². The minimum atomic E-state index is -0.238. The lowest BCUT2D eigenvalue weighted by atomic mass is 10.1. The number of nitrogens with zero attached hydrogens (tertiary/aromatic N) is 1. The minimum absolute atomic E-state index is 0.192. The summed E-state index contributed by atoms with van der Waals surface area (Å²) < 4.78 is 0. The van der Waals surface area contributed by atoms with Crippen LogP contribution in [0.5, 0.6) is 0 Å². The smallest absolute Gasteiger partial charge is 0.0638 e. The van der Waals surface area contributed by atoms with E-state index < -0.39 is 0 Å². The van der Waals surface area contributed by atoms with Crippen molar-refractivity contribution < 1.29 is 5.11 Å². The van der Waals surface area contributed by atoms with Crippen LogP contribution < -0.4 is 5.32 Å². The van der Waals surface area contributed by atoms with Gasteiger partial charge in [0.15, 0.2) is 0 Å². The zero-order valence-electron chi connectivity index (χ0n) is 11.2. The highest BCUT2D eigenvalue weighted by Crippen LogP contribution is 2.03. The molecule has 0 aliphatic carbocycles. The van der Waals surface area contributed by atoms with Gasteiger partial charge in [0.2, 0.25) is 0 Å². The van der Waals surface area contributed by atoms with Crippen molar-refractivity contribution in [2.24, 2.45) is 5.92 Å². The quantitative estimate of drug-likeness (QED) is 0.703. The lowest BCUT2D eigenvalue weighted by Gasteiger charge is -2.26. The van der Waals surface area contributed by atoms with Gasteiger partial charge in [-0.15, -0.1) is 0 Å². The third-order valence-electron chi connectivity index (χ3n) is 2.18. The first-order valence-corrected chi connectivity index (χ1v) is 5.82. The number of aliphatic hydroxyl groups excluding tert-OH is 1. The molecule has 0 aromatic carbocycles. The molecule has 0 amide bonds. The van der Waals surface area contributed by atoms with Gasteiger partial charge in [-0.05, 0) is 47.2 Å². The van der Waals surface area contributed by atoms with E-state index in [1.54, 1.807) is 0 Å². The van der Waals surface area contributed by atoms with Gasteiger partial charge in [0.1, 0.15) is 0 Å². The van der Waals surface area contributed by atoms with E-state index in [-0.39, 0.29) is 11.6 Å². The second kappa shape index (κ2) is 6.46. The summed E-state index contributed by atoms with van der Waals surface area (Å²) in [6.07, 6.45) is -0.238. The summed E-state index contributed by atoms with van der Waals surface area (Å²) in [7, 11) is 2.06. The van der Waals surface area contributed by atoms with E-state index in [0.29, 0.717) is 5.92 Å². The van der Waals surface area contributed by atoms with Crippen LogP contribution in [0, 0.1) is 5.92 Å². The molecule has 0 fully saturated rings. The van der Waals surface area contributed by atoms with E-state index in [0.717, 1.165) is 19.6 Å². The van der Waals surface area contributed by atoms with Crippen molar-refractivity contribution in [2.75, 3.05) is 26.7 Å². The summed E-state index contributed by atoms with van der Waals surface area (Å²) in [5, 5.41) is 12.7. The Morgan fingerprint density at radius 2 is 1.73 bits per heavy atom. The van der Waals surface area contributed by atoms with Crippen molar-refractivity contribution in [1.29, 1.82) is 0 Å². The number of hydrogen-bond donors (Lipinski definition) is 2. The van der Waals surface area contributed by atoms with Crippen molar-refractivity contribution in [3.63, 3.8) is 0 Å². The largest absolute Gasteiger partial charge is 0.392 e. The molecule has 0 heterocycles. The molecule has 0 aromatic heterocycles. The lowest BCUT2D eigenvalue weighted by molar-refractivity contribution is 0.132. The van der Waals surface area contributed by atoms with Gasteiger partial charge in [-0.2, -0.15) is 0 Å². The van der Waals surface area contributed by atoms with Crippen molar-refractivity contribution >= 4 is 0 Å². The average molecular weight is 216 g/mol. The molecule has 92 valence electrons. The van der Waals surface area contributed by atoms with Gasteiger partial charge in [-0.3, -0.25) is 0 Å². The van der Waals surface area contributed by atoms with Gasteiger partial charge in [0, 0.05) is 18.6 Å². The Bertz CT molecular complexity index is 163. The summed E-state index contributed by atoms with van der Waals surface area (Å²) in [5.41, 5.74) is 0.192. The van der Waals surface area contributed by atoms with Gasteiger partial charge in [0.05, 0.1) is 6.10 Å². The Balaban J connectivity index is 3.69. The molecule has 2 N–H and O–H groups in total. The molecule has 2 unspecified atom stereocenters. The van der Waals surface area contributed by atoms with Crippen LogP contribution in [-0.4, -0.2) is 48.3 Å². The molecule has 0 saturated heterocycles. The lowest BCUT2D eigenvalue weighted by Crippen LogP contribution is -2.41.